The van der Waals surface area contributed by atoms with Gasteiger partial charge in [-0.1, -0.05) is 35.9 Å². The van der Waals surface area contributed by atoms with Gasteiger partial charge in [0.15, 0.2) is 6.10 Å². The highest BCUT2D eigenvalue weighted by molar-refractivity contribution is 5.99. The molecule has 1 N–H and O–H groups in total. The maximum absolute atomic E-state index is 12.5. The van der Waals surface area contributed by atoms with E-state index in [2.05, 4.69) is 5.32 Å². The molecule has 0 spiro atoms. The predicted octanol–water partition coefficient (Wildman–Crippen LogP) is 3.90. The first kappa shape index (κ1) is 19.4. The number of nitrogens with one attached hydrogen (secondary N) is 1. The monoisotopic (exact) mass is 379 g/mol. The molecule has 0 radical (unpaired) electrons. The first-order valence-corrected chi connectivity index (χ1v) is 8.89. The van der Waals surface area contributed by atoms with Crippen LogP contribution in [-0.2, 0) is 9.53 Å². The zero-order valence-corrected chi connectivity index (χ0v) is 16.2. The lowest BCUT2D eigenvalue weighted by atomic mass is 10.0. The standard InChI is InChI=1S/C22H21NO5/c1-12-9-13(2)19(14(3)10-12)23-20(24)15(4)27-21(25)17-11-16-7-5-6-8-18(16)28-22(17)26/h5-11,15H,1-4H3,(H,23,24)/t15-/m1/s1. The molecule has 144 valence electrons. The van der Waals surface area contributed by atoms with Gasteiger partial charge in [0, 0.05) is 11.1 Å². The Morgan fingerprint density at radius 2 is 1.68 bits per heavy atom. The van der Waals surface area contributed by atoms with Crippen molar-refractivity contribution < 1.29 is 18.7 Å². The summed E-state index contributed by atoms with van der Waals surface area (Å²) in [6.45, 7) is 7.22. The highest BCUT2D eigenvalue weighted by atomic mass is 16.5. The van der Waals surface area contributed by atoms with Crippen LogP contribution >= 0.6 is 0 Å². The molecule has 1 aromatic heterocycles. The Balaban J connectivity index is 1.76. The summed E-state index contributed by atoms with van der Waals surface area (Å²) in [5.41, 5.74) is 2.93. The van der Waals surface area contributed by atoms with Crippen molar-refractivity contribution in [2.75, 3.05) is 5.32 Å². The SMILES string of the molecule is Cc1cc(C)c(NC(=O)[C@@H](C)OC(=O)c2cc3ccccc3oc2=O)c(C)c1. The molecule has 0 fully saturated rings. The summed E-state index contributed by atoms with van der Waals surface area (Å²) in [5.74, 6) is -1.38. The van der Waals surface area contributed by atoms with Crippen molar-refractivity contribution >= 4 is 28.5 Å². The van der Waals surface area contributed by atoms with Gasteiger partial charge in [-0.15, -0.1) is 0 Å². The minimum absolute atomic E-state index is 0.249. The van der Waals surface area contributed by atoms with Gasteiger partial charge in [-0.05, 0) is 51.0 Å². The lowest BCUT2D eigenvalue weighted by Crippen LogP contribution is -2.31. The molecule has 0 aliphatic carbocycles. The molecular formula is C22H21NO5. The lowest BCUT2D eigenvalue weighted by molar-refractivity contribution is -0.123. The van der Waals surface area contributed by atoms with Gasteiger partial charge in [-0.25, -0.2) is 9.59 Å². The van der Waals surface area contributed by atoms with Crippen LogP contribution in [0.15, 0.2) is 51.7 Å². The summed E-state index contributed by atoms with van der Waals surface area (Å²) in [6.07, 6.45) is -1.08. The predicted molar refractivity (Wildman–Crippen MR) is 107 cm³/mol. The number of para-hydroxylation sites is 1. The van der Waals surface area contributed by atoms with Gasteiger partial charge in [0.25, 0.3) is 5.91 Å². The van der Waals surface area contributed by atoms with Crippen LogP contribution in [0, 0.1) is 20.8 Å². The van der Waals surface area contributed by atoms with Crippen molar-refractivity contribution in [2.45, 2.75) is 33.8 Å². The summed E-state index contributed by atoms with van der Waals surface area (Å²) in [7, 11) is 0. The smallest absolute Gasteiger partial charge is 0.351 e. The number of esters is 1. The van der Waals surface area contributed by atoms with E-state index in [9.17, 15) is 14.4 Å². The average Bonchev–Trinajstić information content (AvgIpc) is 2.63. The van der Waals surface area contributed by atoms with E-state index in [0.717, 1.165) is 16.7 Å². The van der Waals surface area contributed by atoms with Crippen molar-refractivity contribution in [3.63, 3.8) is 0 Å². The number of fused-ring (bicyclic) bond motifs is 1. The first-order valence-electron chi connectivity index (χ1n) is 8.89. The third-order valence-corrected chi connectivity index (χ3v) is 4.44. The fourth-order valence-corrected chi connectivity index (χ4v) is 3.08. The Morgan fingerprint density at radius 1 is 1.04 bits per heavy atom. The first-order chi connectivity index (χ1) is 13.3. The van der Waals surface area contributed by atoms with Gasteiger partial charge < -0.3 is 14.5 Å². The Labute approximate surface area is 162 Å². The Kier molecular flexibility index (Phi) is 5.31. The van der Waals surface area contributed by atoms with Gasteiger partial charge in [0.05, 0.1) is 0 Å². The molecule has 0 aliphatic rings. The summed E-state index contributed by atoms with van der Waals surface area (Å²) in [6, 6.07) is 12.2. The minimum Gasteiger partial charge on any atom is -0.449 e. The number of carbonyl (C=O) groups excluding carboxylic acids is 2. The molecule has 0 aliphatic heterocycles. The fourth-order valence-electron chi connectivity index (χ4n) is 3.08. The van der Waals surface area contributed by atoms with Crippen LogP contribution in [0.25, 0.3) is 11.0 Å². The van der Waals surface area contributed by atoms with E-state index in [0.29, 0.717) is 16.7 Å². The molecule has 1 atom stereocenters. The maximum Gasteiger partial charge on any atom is 0.351 e. The van der Waals surface area contributed by atoms with Crippen molar-refractivity contribution in [2.24, 2.45) is 0 Å². The summed E-state index contributed by atoms with van der Waals surface area (Å²) < 4.78 is 10.3. The van der Waals surface area contributed by atoms with Gasteiger partial charge in [-0.3, -0.25) is 4.79 Å². The minimum atomic E-state index is -1.08. The number of amides is 1. The van der Waals surface area contributed by atoms with Crippen LogP contribution in [0.2, 0.25) is 0 Å². The van der Waals surface area contributed by atoms with Crippen LogP contribution in [0.5, 0.6) is 0 Å². The van der Waals surface area contributed by atoms with Crippen LogP contribution in [0.4, 0.5) is 5.69 Å². The third-order valence-electron chi connectivity index (χ3n) is 4.44. The van der Waals surface area contributed by atoms with Crippen LogP contribution in [0.1, 0.15) is 34.0 Å². The second-order valence-corrected chi connectivity index (χ2v) is 6.80. The van der Waals surface area contributed by atoms with Gasteiger partial charge in [-0.2, -0.15) is 0 Å². The molecular weight excluding hydrogens is 358 g/mol. The molecule has 3 rings (SSSR count). The molecule has 1 amide bonds. The lowest BCUT2D eigenvalue weighted by Gasteiger charge is -2.16. The number of carbonyl (C=O) groups is 2. The van der Waals surface area contributed by atoms with Gasteiger partial charge >= 0.3 is 11.6 Å². The van der Waals surface area contributed by atoms with Crippen molar-refractivity contribution in [3.05, 3.63) is 75.1 Å². The normalized spacial score (nSPS) is 11.9. The second-order valence-electron chi connectivity index (χ2n) is 6.80. The molecule has 0 unspecified atom stereocenters. The zero-order valence-electron chi connectivity index (χ0n) is 16.2. The van der Waals surface area contributed by atoms with Gasteiger partial charge in [0.1, 0.15) is 11.1 Å². The second kappa shape index (κ2) is 7.68. The van der Waals surface area contributed by atoms with E-state index in [-0.39, 0.29) is 5.56 Å². The quantitative estimate of drug-likeness (QED) is 0.549. The summed E-state index contributed by atoms with van der Waals surface area (Å²) in [4.78, 5) is 36.9. The topological polar surface area (TPSA) is 85.6 Å². The number of ether oxygens (including phenoxy) is 1. The highest BCUT2D eigenvalue weighted by Gasteiger charge is 2.23. The molecule has 6 heteroatoms. The number of hydrogen-bond donors (Lipinski definition) is 1. The van der Waals surface area contributed by atoms with Crippen LogP contribution < -0.4 is 10.9 Å². The van der Waals surface area contributed by atoms with E-state index in [1.807, 2.05) is 32.9 Å². The maximum atomic E-state index is 12.5. The fraction of sp³-hybridized carbons (Fsp3) is 0.227. The summed E-state index contributed by atoms with van der Waals surface area (Å²) in [5, 5.41) is 3.38. The van der Waals surface area contributed by atoms with Crippen molar-refractivity contribution in [3.8, 4) is 0 Å². The average molecular weight is 379 g/mol. The van der Waals surface area contributed by atoms with Gasteiger partial charge in [0.2, 0.25) is 0 Å². The van der Waals surface area contributed by atoms with E-state index in [4.69, 9.17) is 9.15 Å². The Bertz CT molecular complexity index is 1110. The van der Waals surface area contributed by atoms with Crippen LogP contribution in [-0.4, -0.2) is 18.0 Å². The van der Waals surface area contributed by atoms with E-state index < -0.39 is 23.6 Å². The third kappa shape index (κ3) is 3.96. The number of aryl methyl sites for hydroxylation is 3. The van der Waals surface area contributed by atoms with E-state index in [1.165, 1.54) is 13.0 Å². The molecule has 6 nitrogen and oxygen atoms in total. The Morgan fingerprint density at radius 3 is 2.36 bits per heavy atom. The van der Waals surface area contributed by atoms with Crippen molar-refractivity contribution in [1.29, 1.82) is 0 Å². The number of anilines is 1. The highest BCUT2D eigenvalue weighted by Crippen LogP contribution is 2.22. The molecule has 2 aromatic carbocycles. The molecule has 0 saturated heterocycles. The molecule has 3 aromatic rings. The molecule has 0 saturated carbocycles. The van der Waals surface area contributed by atoms with Crippen LogP contribution in [0.3, 0.4) is 0 Å². The Hall–Kier alpha value is -3.41. The molecule has 28 heavy (non-hydrogen) atoms. The number of rotatable bonds is 4. The van der Waals surface area contributed by atoms with E-state index >= 15 is 0 Å². The molecule has 0 bridgehead atoms. The summed E-state index contributed by atoms with van der Waals surface area (Å²) >= 11 is 0. The number of hydrogen-bond acceptors (Lipinski definition) is 5. The van der Waals surface area contributed by atoms with Crippen molar-refractivity contribution in [1.82, 2.24) is 0 Å². The zero-order chi connectivity index (χ0) is 20.4. The molecule has 1 heterocycles. The number of benzene rings is 2. The van der Waals surface area contributed by atoms with E-state index in [1.54, 1.807) is 24.3 Å². The largest absolute Gasteiger partial charge is 0.449 e.